The summed E-state index contributed by atoms with van der Waals surface area (Å²) in [5, 5.41) is 0. The molecule has 0 saturated heterocycles. The van der Waals surface area contributed by atoms with Crippen molar-refractivity contribution >= 4 is 35.5 Å². The Bertz CT molecular complexity index is 275. The van der Waals surface area contributed by atoms with Crippen molar-refractivity contribution in [3.05, 3.63) is 9.81 Å². The summed E-state index contributed by atoms with van der Waals surface area (Å²) >= 11 is 3.01. The maximum Gasteiger partial charge on any atom is 0.285 e. The molecule has 0 saturated carbocycles. The highest BCUT2D eigenvalue weighted by Crippen LogP contribution is 2.30. The van der Waals surface area contributed by atoms with Crippen LogP contribution in [0, 0.1) is 0 Å². The Kier molecular flexibility index (Phi) is 7.57. The summed E-state index contributed by atoms with van der Waals surface area (Å²) in [6.07, 6.45) is 6.60. The molecular weight excluding hydrogens is 218 g/mol. The van der Waals surface area contributed by atoms with Crippen molar-refractivity contribution in [1.82, 2.24) is 0 Å². The van der Waals surface area contributed by atoms with Crippen molar-refractivity contribution in [1.29, 1.82) is 0 Å². The highest BCUT2D eigenvalue weighted by Gasteiger charge is 2.12. The Morgan fingerprint density at radius 2 is 1.93 bits per heavy atom. The average molecular weight is 231 g/mol. The van der Waals surface area contributed by atoms with Crippen LogP contribution >= 0.6 is 23.5 Å². The van der Waals surface area contributed by atoms with E-state index < -0.39 is 5.91 Å². The van der Waals surface area contributed by atoms with Gasteiger partial charge in [0.05, 0.1) is 0 Å². The number of aliphatic imine (C=N–C) groups is 1. The van der Waals surface area contributed by atoms with Gasteiger partial charge in [0.15, 0.2) is 0 Å². The summed E-state index contributed by atoms with van der Waals surface area (Å²) in [7, 11) is 0. The molecule has 0 aromatic heterocycles. The molecular formula is C9H13NO2S2. The minimum absolute atomic E-state index is 0.458. The van der Waals surface area contributed by atoms with Gasteiger partial charge in [-0.15, -0.1) is 28.5 Å². The molecule has 0 unspecified atom stereocenters. The second-order valence-corrected chi connectivity index (χ2v) is 4.32. The third-order valence-electron chi connectivity index (χ3n) is 1.52. The van der Waals surface area contributed by atoms with Gasteiger partial charge in [0.1, 0.15) is 0 Å². The molecule has 0 aliphatic heterocycles. The quantitative estimate of drug-likeness (QED) is 0.414. The first-order valence-electron chi connectivity index (χ1n) is 4.14. The first kappa shape index (κ1) is 13.5. The van der Waals surface area contributed by atoms with Crippen LogP contribution in [0.3, 0.4) is 0 Å². The van der Waals surface area contributed by atoms with E-state index in [0.717, 1.165) is 10.7 Å². The van der Waals surface area contributed by atoms with Crippen LogP contribution in [-0.4, -0.2) is 24.5 Å². The molecule has 5 heteroatoms. The largest absolute Gasteiger partial charge is 0.285 e. The summed E-state index contributed by atoms with van der Waals surface area (Å²) in [6.45, 7) is 1.98. The van der Waals surface area contributed by atoms with E-state index >= 15 is 0 Å². The zero-order valence-corrected chi connectivity index (χ0v) is 10.1. The smallest absolute Gasteiger partial charge is 0.266 e. The van der Waals surface area contributed by atoms with Crippen LogP contribution in [0.5, 0.6) is 0 Å². The Labute approximate surface area is 92.4 Å². The minimum atomic E-state index is -0.458. The van der Waals surface area contributed by atoms with Crippen molar-refractivity contribution in [3.63, 3.8) is 0 Å². The lowest BCUT2D eigenvalue weighted by Crippen LogP contribution is -2.00. The lowest BCUT2D eigenvalue weighted by atomic mass is 10.2. The predicted molar refractivity (Wildman–Crippen MR) is 62.1 cm³/mol. The minimum Gasteiger partial charge on any atom is -0.266 e. The van der Waals surface area contributed by atoms with E-state index in [2.05, 4.69) is 4.99 Å². The van der Waals surface area contributed by atoms with Gasteiger partial charge in [-0.1, -0.05) is 13.3 Å². The number of amides is 1. The predicted octanol–water partition coefficient (Wildman–Crippen LogP) is 2.59. The van der Waals surface area contributed by atoms with Gasteiger partial charge in [-0.3, -0.25) is 4.79 Å². The molecule has 3 nitrogen and oxygen atoms in total. The molecule has 0 aromatic rings. The second-order valence-electron chi connectivity index (χ2n) is 2.43. The fraction of sp³-hybridized carbons (Fsp3) is 0.556. The summed E-state index contributed by atoms with van der Waals surface area (Å²) in [4.78, 5) is 24.5. The van der Waals surface area contributed by atoms with Crippen molar-refractivity contribution in [2.45, 2.75) is 19.8 Å². The van der Waals surface area contributed by atoms with Crippen molar-refractivity contribution in [2.75, 3.05) is 12.5 Å². The first-order chi connectivity index (χ1) is 6.71. The molecule has 0 aromatic carbocycles. The molecule has 0 heterocycles. The van der Waals surface area contributed by atoms with E-state index in [1.54, 1.807) is 0 Å². The molecule has 0 atom stereocenters. The molecule has 0 aliphatic carbocycles. The van der Waals surface area contributed by atoms with E-state index in [1.807, 2.05) is 19.4 Å². The maximum absolute atomic E-state index is 11.4. The number of thioether (sulfide) groups is 2. The number of carbonyl (C=O) groups excluding carboxylic acids is 2. The normalized spacial score (nSPS) is 9.07. The van der Waals surface area contributed by atoms with Gasteiger partial charge in [-0.2, -0.15) is 0 Å². The number of isocyanates is 1. The SMILES string of the molecule is CCCC(C(=O)N=C=O)=C(SC)SC. The highest BCUT2D eigenvalue weighted by atomic mass is 32.2. The molecule has 0 aliphatic rings. The second kappa shape index (κ2) is 7.85. The van der Waals surface area contributed by atoms with Crippen LogP contribution in [-0.2, 0) is 9.59 Å². The fourth-order valence-electron chi connectivity index (χ4n) is 0.985. The molecule has 78 valence electrons. The molecule has 1 amide bonds. The third-order valence-corrected chi connectivity index (χ3v) is 3.76. The topological polar surface area (TPSA) is 46.5 Å². The Hall–Kier alpha value is -0.510. The fourth-order valence-corrected chi connectivity index (χ4v) is 2.52. The first-order valence-corrected chi connectivity index (χ1v) is 6.59. The lowest BCUT2D eigenvalue weighted by molar-refractivity contribution is -0.114. The zero-order chi connectivity index (χ0) is 11.0. The van der Waals surface area contributed by atoms with Gasteiger partial charge in [0, 0.05) is 9.81 Å². The number of hydrogen-bond acceptors (Lipinski definition) is 4. The molecule has 0 bridgehead atoms. The highest BCUT2D eigenvalue weighted by molar-refractivity contribution is 8.21. The van der Waals surface area contributed by atoms with Crippen LogP contribution in [0.4, 0.5) is 0 Å². The molecule has 0 fully saturated rings. The molecule has 0 N–H and O–H groups in total. The number of nitrogens with zero attached hydrogens (tertiary/aromatic N) is 1. The summed E-state index contributed by atoms with van der Waals surface area (Å²) in [6, 6.07) is 0. The van der Waals surface area contributed by atoms with Crippen molar-refractivity contribution in [3.8, 4) is 0 Å². The van der Waals surface area contributed by atoms with Crippen molar-refractivity contribution < 1.29 is 9.59 Å². The number of carbonyl (C=O) groups is 1. The maximum atomic E-state index is 11.4. The third kappa shape index (κ3) is 4.13. The summed E-state index contributed by atoms with van der Waals surface area (Å²) < 4.78 is 0.927. The molecule has 0 spiro atoms. The molecule has 0 radical (unpaired) electrons. The van der Waals surface area contributed by atoms with Gasteiger partial charge in [-0.25, -0.2) is 4.79 Å². The van der Waals surface area contributed by atoms with Gasteiger partial charge in [0.2, 0.25) is 6.08 Å². The van der Waals surface area contributed by atoms with Gasteiger partial charge >= 0.3 is 0 Å². The monoisotopic (exact) mass is 231 g/mol. The van der Waals surface area contributed by atoms with E-state index in [9.17, 15) is 9.59 Å². The van der Waals surface area contributed by atoms with Crippen molar-refractivity contribution in [2.24, 2.45) is 4.99 Å². The van der Waals surface area contributed by atoms with Gasteiger partial charge < -0.3 is 0 Å². The molecule has 0 rings (SSSR count). The van der Waals surface area contributed by atoms with Crippen LogP contribution in [0.1, 0.15) is 19.8 Å². The standard InChI is InChI=1S/C9H13NO2S2/c1-4-5-7(8(12)10-6-11)9(13-2)14-3/h4-5H2,1-3H3. The molecule has 14 heavy (non-hydrogen) atoms. The Morgan fingerprint density at radius 3 is 2.29 bits per heavy atom. The lowest BCUT2D eigenvalue weighted by Gasteiger charge is -2.06. The Morgan fingerprint density at radius 1 is 1.36 bits per heavy atom. The van der Waals surface area contributed by atoms with E-state index in [4.69, 9.17) is 0 Å². The van der Waals surface area contributed by atoms with E-state index in [1.165, 1.54) is 29.6 Å². The van der Waals surface area contributed by atoms with Crippen LogP contribution in [0.2, 0.25) is 0 Å². The average Bonchev–Trinajstić information content (AvgIpc) is 2.18. The number of rotatable bonds is 5. The summed E-state index contributed by atoms with van der Waals surface area (Å²) in [5.41, 5.74) is 0.621. The van der Waals surface area contributed by atoms with Gasteiger partial charge in [0.25, 0.3) is 5.91 Å². The number of hydrogen-bond donors (Lipinski definition) is 0. The Balaban J connectivity index is 4.98. The van der Waals surface area contributed by atoms with E-state index in [-0.39, 0.29) is 0 Å². The van der Waals surface area contributed by atoms with E-state index in [0.29, 0.717) is 12.0 Å². The summed E-state index contributed by atoms with van der Waals surface area (Å²) in [5.74, 6) is -0.458. The van der Waals surface area contributed by atoms with Crippen LogP contribution < -0.4 is 0 Å². The van der Waals surface area contributed by atoms with Gasteiger partial charge in [-0.05, 0) is 18.9 Å². The van der Waals surface area contributed by atoms with Crippen LogP contribution in [0.15, 0.2) is 14.8 Å². The zero-order valence-electron chi connectivity index (χ0n) is 8.49. The van der Waals surface area contributed by atoms with Crippen LogP contribution in [0.25, 0.3) is 0 Å².